The minimum atomic E-state index is -4.71. The molecule has 11 heteroatoms. The molecule has 33 heavy (non-hydrogen) atoms. The molecule has 7 nitrogen and oxygen atoms in total. The van der Waals surface area contributed by atoms with Crippen molar-refractivity contribution in [3.63, 3.8) is 0 Å². The van der Waals surface area contributed by atoms with Crippen LogP contribution in [-0.2, 0) is 10.0 Å². The van der Waals surface area contributed by atoms with Crippen LogP contribution in [0.5, 0.6) is 0 Å². The summed E-state index contributed by atoms with van der Waals surface area (Å²) in [7, 11) is -4.43. The summed E-state index contributed by atoms with van der Waals surface area (Å²) in [5.74, 6) is 0. The lowest BCUT2D eigenvalue weighted by Crippen LogP contribution is -2.42. The van der Waals surface area contributed by atoms with Crippen molar-refractivity contribution in [1.82, 2.24) is 19.3 Å². The first-order valence-electron chi connectivity index (χ1n) is 10.5. The van der Waals surface area contributed by atoms with Gasteiger partial charge in [0.25, 0.3) is 0 Å². The molecule has 3 aromatic rings. The van der Waals surface area contributed by atoms with Crippen LogP contribution in [0, 0.1) is 18.3 Å². The van der Waals surface area contributed by atoms with E-state index in [9.17, 15) is 26.9 Å². The Hall–Kier alpha value is -2.97. The van der Waals surface area contributed by atoms with Gasteiger partial charge in [0.2, 0.25) is 10.0 Å². The molecule has 0 bridgehead atoms. The number of nitrogens with one attached hydrogen (secondary N) is 1. The van der Waals surface area contributed by atoms with Gasteiger partial charge >= 0.3 is 6.18 Å². The summed E-state index contributed by atoms with van der Waals surface area (Å²) < 4.78 is 66.9. The van der Waals surface area contributed by atoms with E-state index in [1.807, 2.05) is 13.0 Å². The van der Waals surface area contributed by atoms with E-state index in [2.05, 4.69) is 20.6 Å². The Labute approximate surface area is 189 Å². The average molecular weight is 478 g/mol. The van der Waals surface area contributed by atoms with Crippen LogP contribution in [0.15, 0.2) is 35.5 Å². The first-order valence-corrected chi connectivity index (χ1v) is 12.0. The van der Waals surface area contributed by atoms with Gasteiger partial charge in [0.05, 0.1) is 16.9 Å². The maximum absolute atomic E-state index is 12.8. The molecular formula is C22H22F3N5O2S. The van der Waals surface area contributed by atoms with Gasteiger partial charge in [-0.15, -0.1) is 0 Å². The minimum absolute atomic E-state index is 0.146. The summed E-state index contributed by atoms with van der Waals surface area (Å²) in [6.07, 6.45) is 1.95. The maximum atomic E-state index is 12.8. The van der Waals surface area contributed by atoms with Crippen molar-refractivity contribution >= 4 is 21.1 Å². The highest BCUT2D eigenvalue weighted by Crippen LogP contribution is 2.40. The van der Waals surface area contributed by atoms with Crippen molar-refractivity contribution in [2.75, 3.05) is 0 Å². The average Bonchev–Trinajstić information content (AvgIpc) is 3.38. The van der Waals surface area contributed by atoms with Crippen LogP contribution in [-0.4, -0.2) is 35.2 Å². The fourth-order valence-corrected chi connectivity index (χ4v) is 5.40. The van der Waals surface area contributed by atoms with Gasteiger partial charge in [-0.1, -0.05) is 12.8 Å². The SMILES string of the molecule is Cc1cnc2c(C#N)c(-c3ccc(S(=O)(=O)N[C@@H](C)C(F)(F)F)cn3)n(C3CCCC3)c2c1. The molecule has 3 aromatic heterocycles. The number of nitrogens with zero attached hydrogens (tertiary/aromatic N) is 4. The summed E-state index contributed by atoms with van der Waals surface area (Å²) in [5.41, 5.74) is 3.53. The van der Waals surface area contributed by atoms with Gasteiger partial charge in [-0.25, -0.2) is 8.42 Å². The van der Waals surface area contributed by atoms with Crippen LogP contribution < -0.4 is 4.72 Å². The standard InChI is InChI=1S/C22H22F3N5O2S/c1-13-9-19-20(28-11-13)17(10-26)21(30(19)15-5-3-4-6-15)18-8-7-16(12-27-18)33(31,32)29-14(2)22(23,24)25/h7-9,11-12,14-15,29H,3-6H2,1-2H3/t14-/m0/s1. The topological polar surface area (TPSA) is 101 Å². The van der Waals surface area contributed by atoms with Crippen LogP contribution >= 0.6 is 0 Å². The Morgan fingerprint density at radius 3 is 2.48 bits per heavy atom. The van der Waals surface area contributed by atoms with E-state index >= 15 is 0 Å². The number of hydrogen-bond donors (Lipinski definition) is 1. The van der Waals surface area contributed by atoms with Crippen molar-refractivity contribution in [1.29, 1.82) is 5.26 Å². The molecule has 4 rings (SSSR count). The number of rotatable bonds is 5. The summed E-state index contributed by atoms with van der Waals surface area (Å²) in [5, 5.41) is 9.92. The van der Waals surface area contributed by atoms with Crippen molar-refractivity contribution in [3.8, 4) is 17.5 Å². The van der Waals surface area contributed by atoms with Crippen LogP contribution in [0.3, 0.4) is 0 Å². The Bertz CT molecular complexity index is 1340. The van der Waals surface area contributed by atoms with E-state index in [-0.39, 0.29) is 6.04 Å². The van der Waals surface area contributed by atoms with E-state index in [1.54, 1.807) is 10.9 Å². The summed E-state index contributed by atoms with van der Waals surface area (Å²) in [6, 6.07) is 4.69. The van der Waals surface area contributed by atoms with Crippen molar-refractivity contribution in [2.45, 2.75) is 62.7 Å². The highest BCUT2D eigenvalue weighted by Gasteiger charge is 2.39. The van der Waals surface area contributed by atoms with E-state index < -0.39 is 27.1 Å². The molecule has 1 saturated carbocycles. The fraction of sp³-hybridized carbons (Fsp3) is 0.409. The molecular weight excluding hydrogens is 455 g/mol. The monoisotopic (exact) mass is 477 g/mol. The van der Waals surface area contributed by atoms with Crippen LogP contribution in [0.4, 0.5) is 13.2 Å². The largest absolute Gasteiger partial charge is 0.404 e. The summed E-state index contributed by atoms with van der Waals surface area (Å²) in [4.78, 5) is 8.31. The number of pyridine rings is 2. The lowest BCUT2D eigenvalue weighted by molar-refractivity contribution is -0.147. The van der Waals surface area contributed by atoms with Gasteiger partial charge in [-0.2, -0.15) is 23.2 Å². The molecule has 1 aliphatic rings. The van der Waals surface area contributed by atoms with Crippen LogP contribution in [0.2, 0.25) is 0 Å². The van der Waals surface area contributed by atoms with Gasteiger partial charge in [-0.05, 0) is 50.5 Å². The molecule has 0 unspecified atom stereocenters. The molecule has 3 heterocycles. The number of fused-ring (bicyclic) bond motifs is 1. The fourth-order valence-electron chi connectivity index (χ4n) is 4.23. The zero-order chi connectivity index (χ0) is 24.0. The zero-order valence-corrected chi connectivity index (χ0v) is 18.8. The smallest absolute Gasteiger partial charge is 0.334 e. The Balaban J connectivity index is 1.81. The number of halogens is 3. The van der Waals surface area contributed by atoms with Crippen molar-refractivity contribution < 1.29 is 21.6 Å². The highest BCUT2D eigenvalue weighted by molar-refractivity contribution is 7.89. The Kier molecular flexibility index (Phi) is 5.92. The van der Waals surface area contributed by atoms with E-state index in [0.29, 0.717) is 22.5 Å². The number of alkyl halides is 3. The summed E-state index contributed by atoms with van der Waals surface area (Å²) >= 11 is 0. The van der Waals surface area contributed by atoms with Crippen LogP contribution in [0.1, 0.15) is 49.8 Å². The third-order valence-electron chi connectivity index (χ3n) is 5.89. The lowest BCUT2D eigenvalue weighted by Gasteiger charge is -2.18. The van der Waals surface area contributed by atoms with Gasteiger partial charge in [0.1, 0.15) is 28.1 Å². The normalized spacial score (nSPS) is 16.2. The Morgan fingerprint density at radius 1 is 1.21 bits per heavy atom. The quantitative estimate of drug-likeness (QED) is 0.578. The molecule has 0 saturated heterocycles. The van der Waals surface area contributed by atoms with Gasteiger partial charge < -0.3 is 4.57 Å². The second-order valence-electron chi connectivity index (χ2n) is 8.29. The van der Waals surface area contributed by atoms with Crippen molar-refractivity contribution in [2.24, 2.45) is 0 Å². The number of aromatic nitrogens is 3. The molecule has 1 aliphatic carbocycles. The molecule has 1 atom stereocenters. The lowest BCUT2D eigenvalue weighted by atomic mass is 10.1. The second kappa shape index (κ2) is 8.43. The first kappa shape index (κ1) is 23.2. The Morgan fingerprint density at radius 2 is 1.91 bits per heavy atom. The van der Waals surface area contributed by atoms with Gasteiger partial charge in [-0.3, -0.25) is 9.97 Å². The number of sulfonamides is 1. The van der Waals surface area contributed by atoms with Gasteiger partial charge in [0.15, 0.2) is 0 Å². The number of hydrogen-bond acceptors (Lipinski definition) is 5. The maximum Gasteiger partial charge on any atom is 0.404 e. The molecule has 0 aliphatic heterocycles. The van der Waals surface area contributed by atoms with E-state index in [1.165, 1.54) is 12.1 Å². The number of aryl methyl sites for hydroxylation is 1. The van der Waals surface area contributed by atoms with E-state index in [0.717, 1.165) is 49.9 Å². The summed E-state index contributed by atoms with van der Waals surface area (Å²) in [6.45, 7) is 2.64. The third-order valence-corrected chi connectivity index (χ3v) is 7.42. The molecule has 1 fully saturated rings. The number of nitriles is 1. The highest BCUT2D eigenvalue weighted by atomic mass is 32.2. The third kappa shape index (κ3) is 4.32. The van der Waals surface area contributed by atoms with Crippen molar-refractivity contribution in [3.05, 3.63) is 41.7 Å². The van der Waals surface area contributed by atoms with Gasteiger partial charge in [0, 0.05) is 18.4 Å². The predicted molar refractivity (Wildman–Crippen MR) is 116 cm³/mol. The molecule has 1 N–H and O–H groups in total. The predicted octanol–water partition coefficient (Wildman–Crippen LogP) is 4.62. The molecule has 0 aromatic carbocycles. The molecule has 174 valence electrons. The molecule has 0 amide bonds. The van der Waals surface area contributed by atoms with E-state index in [4.69, 9.17) is 0 Å². The minimum Gasteiger partial charge on any atom is -0.334 e. The molecule has 0 spiro atoms. The molecule has 0 radical (unpaired) electrons. The first-order chi connectivity index (χ1) is 15.5. The van der Waals surface area contributed by atoms with Crippen LogP contribution in [0.25, 0.3) is 22.4 Å². The second-order valence-corrected chi connectivity index (χ2v) is 10.0. The zero-order valence-electron chi connectivity index (χ0n) is 18.0.